The average Bonchev–Trinajstić information content (AvgIpc) is 2.46. The van der Waals surface area contributed by atoms with Gasteiger partial charge in [-0.25, -0.2) is 0 Å². The minimum Gasteiger partial charge on any atom is -0.366 e. The largest absolute Gasteiger partial charge is 0.366 e. The Labute approximate surface area is 112 Å². The predicted octanol–water partition coefficient (Wildman–Crippen LogP) is 2.01. The summed E-state index contributed by atoms with van der Waals surface area (Å²) >= 11 is 0. The molecule has 2 aliphatic heterocycles. The zero-order valence-electron chi connectivity index (χ0n) is 10.7. The molecule has 1 aromatic carbocycles. The van der Waals surface area contributed by atoms with Crippen molar-refractivity contribution in [2.24, 2.45) is 0 Å². The van der Waals surface area contributed by atoms with Crippen LogP contribution in [0.3, 0.4) is 0 Å². The number of hydrogen-bond acceptors (Lipinski definition) is 4. The van der Waals surface area contributed by atoms with Crippen LogP contribution < -0.4 is 0 Å². The van der Waals surface area contributed by atoms with Gasteiger partial charge in [0.1, 0.15) is 18.5 Å². The van der Waals surface area contributed by atoms with Gasteiger partial charge in [0.15, 0.2) is 6.29 Å². The lowest BCUT2D eigenvalue weighted by atomic mass is 9.99. The highest BCUT2D eigenvalue weighted by atomic mass is 16.7. The maximum Gasteiger partial charge on any atom is 0.184 e. The molecule has 19 heavy (non-hydrogen) atoms. The lowest BCUT2D eigenvalue weighted by molar-refractivity contribution is -0.263. The Kier molecular flexibility index (Phi) is 3.46. The third-order valence-corrected chi connectivity index (χ3v) is 3.37. The fraction of sp³-hybridized carbons (Fsp3) is 0.400. The molecule has 0 bridgehead atoms. The van der Waals surface area contributed by atoms with Crippen molar-refractivity contribution in [2.45, 2.75) is 31.5 Å². The Hall–Kier alpha value is -1.49. The smallest absolute Gasteiger partial charge is 0.184 e. The Bertz CT molecular complexity index is 482. The van der Waals surface area contributed by atoms with Crippen LogP contribution in [-0.4, -0.2) is 31.2 Å². The van der Waals surface area contributed by atoms with Crippen molar-refractivity contribution >= 4 is 6.29 Å². The number of carbonyl (C=O) groups excluding carboxylic acids is 1. The van der Waals surface area contributed by atoms with Gasteiger partial charge in [-0.3, -0.25) is 4.79 Å². The van der Waals surface area contributed by atoms with E-state index in [-0.39, 0.29) is 18.3 Å². The van der Waals surface area contributed by atoms with E-state index in [0.29, 0.717) is 12.2 Å². The second kappa shape index (κ2) is 5.25. The van der Waals surface area contributed by atoms with Gasteiger partial charge in [0, 0.05) is 11.1 Å². The van der Waals surface area contributed by atoms with Crippen molar-refractivity contribution in [3.8, 4) is 0 Å². The molecule has 0 saturated carbocycles. The molecule has 0 radical (unpaired) electrons. The zero-order chi connectivity index (χ0) is 13.2. The number of aldehydes is 1. The van der Waals surface area contributed by atoms with Crippen LogP contribution in [0.1, 0.15) is 18.8 Å². The topological polar surface area (TPSA) is 44.8 Å². The van der Waals surface area contributed by atoms with Crippen molar-refractivity contribution in [2.75, 3.05) is 6.61 Å². The van der Waals surface area contributed by atoms with Crippen molar-refractivity contribution < 1.29 is 19.0 Å². The first-order chi connectivity index (χ1) is 9.28. The van der Waals surface area contributed by atoms with Crippen molar-refractivity contribution in [1.82, 2.24) is 0 Å². The van der Waals surface area contributed by atoms with E-state index in [0.717, 1.165) is 11.8 Å². The summed E-state index contributed by atoms with van der Waals surface area (Å²) in [5, 5.41) is 0. The van der Waals surface area contributed by atoms with Gasteiger partial charge in [-0.1, -0.05) is 30.3 Å². The second-order valence-electron chi connectivity index (χ2n) is 4.80. The Balaban J connectivity index is 1.82. The molecule has 0 aliphatic carbocycles. The predicted molar refractivity (Wildman–Crippen MR) is 68.5 cm³/mol. The zero-order valence-corrected chi connectivity index (χ0v) is 10.7. The Morgan fingerprint density at radius 1 is 1.21 bits per heavy atom. The number of hydrogen-bond donors (Lipinski definition) is 0. The van der Waals surface area contributed by atoms with Gasteiger partial charge in [0.05, 0.1) is 12.7 Å². The molecule has 1 fully saturated rings. The van der Waals surface area contributed by atoms with Crippen LogP contribution in [0.5, 0.6) is 0 Å². The van der Waals surface area contributed by atoms with Gasteiger partial charge in [-0.05, 0) is 13.0 Å². The van der Waals surface area contributed by atoms with Crippen LogP contribution in [0.25, 0.3) is 0 Å². The van der Waals surface area contributed by atoms with E-state index in [4.69, 9.17) is 14.2 Å². The first-order valence-electron chi connectivity index (χ1n) is 6.42. The summed E-state index contributed by atoms with van der Waals surface area (Å²) in [6.45, 7) is 2.34. The third kappa shape index (κ3) is 2.47. The molecule has 4 heteroatoms. The van der Waals surface area contributed by atoms with Crippen LogP contribution in [0.15, 0.2) is 42.0 Å². The Morgan fingerprint density at radius 3 is 2.74 bits per heavy atom. The molecule has 4 nitrogen and oxygen atoms in total. The van der Waals surface area contributed by atoms with Crippen molar-refractivity contribution in [3.63, 3.8) is 0 Å². The molecule has 0 amide bonds. The molecular formula is C15H16O4. The highest BCUT2D eigenvalue weighted by molar-refractivity contribution is 5.75. The van der Waals surface area contributed by atoms with E-state index in [1.54, 1.807) is 0 Å². The van der Waals surface area contributed by atoms with Crippen molar-refractivity contribution in [1.29, 1.82) is 0 Å². The summed E-state index contributed by atoms with van der Waals surface area (Å²) in [4.78, 5) is 11.2. The molecule has 3 rings (SSSR count). The van der Waals surface area contributed by atoms with E-state index in [2.05, 4.69) is 0 Å². The first-order valence-corrected chi connectivity index (χ1v) is 6.42. The molecule has 1 saturated heterocycles. The van der Waals surface area contributed by atoms with Gasteiger partial charge in [-0.2, -0.15) is 0 Å². The third-order valence-electron chi connectivity index (χ3n) is 3.37. The van der Waals surface area contributed by atoms with Crippen LogP contribution in [0.2, 0.25) is 0 Å². The molecule has 0 aromatic heterocycles. The number of benzene rings is 1. The molecule has 2 aliphatic rings. The molecular weight excluding hydrogens is 244 g/mol. The molecule has 4 atom stereocenters. The summed E-state index contributed by atoms with van der Waals surface area (Å²) in [6, 6.07) is 9.70. The van der Waals surface area contributed by atoms with E-state index in [9.17, 15) is 4.79 Å². The van der Waals surface area contributed by atoms with E-state index < -0.39 is 6.29 Å². The van der Waals surface area contributed by atoms with Crippen LogP contribution >= 0.6 is 0 Å². The first kappa shape index (κ1) is 12.5. The molecule has 100 valence electrons. The maximum absolute atomic E-state index is 11.2. The Morgan fingerprint density at radius 2 is 2.00 bits per heavy atom. The molecule has 0 spiro atoms. The van der Waals surface area contributed by atoms with E-state index >= 15 is 0 Å². The number of carbonyl (C=O) groups is 1. The molecule has 0 N–H and O–H groups in total. The highest BCUT2D eigenvalue weighted by Gasteiger charge is 2.39. The monoisotopic (exact) mass is 260 g/mol. The summed E-state index contributed by atoms with van der Waals surface area (Å²) in [6.07, 6.45) is 1.59. The fourth-order valence-corrected chi connectivity index (χ4v) is 2.51. The van der Waals surface area contributed by atoms with Gasteiger partial charge in [0.2, 0.25) is 0 Å². The van der Waals surface area contributed by atoms with Crippen molar-refractivity contribution in [3.05, 3.63) is 47.5 Å². The number of rotatable bonds is 2. The quantitative estimate of drug-likeness (QED) is 0.763. The van der Waals surface area contributed by atoms with Crippen LogP contribution in [0.4, 0.5) is 0 Å². The number of ether oxygens (including phenoxy) is 3. The molecule has 1 aromatic rings. The second-order valence-corrected chi connectivity index (χ2v) is 4.80. The van der Waals surface area contributed by atoms with Gasteiger partial charge in [0.25, 0.3) is 0 Å². The minimum atomic E-state index is -0.442. The summed E-state index contributed by atoms with van der Waals surface area (Å²) in [5.41, 5.74) is 1.60. The fourth-order valence-electron chi connectivity index (χ4n) is 2.51. The molecule has 1 unspecified atom stereocenters. The summed E-state index contributed by atoms with van der Waals surface area (Å²) in [7, 11) is 0. The minimum absolute atomic E-state index is 0.0816. The van der Waals surface area contributed by atoms with Gasteiger partial charge in [-0.15, -0.1) is 0 Å². The van der Waals surface area contributed by atoms with Crippen LogP contribution in [0, 0.1) is 0 Å². The van der Waals surface area contributed by atoms with Crippen LogP contribution in [-0.2, 0) is 19.0 Å². The number of fused-ring (bicyclic) bond motifs is 1. The summed E-state index contributed by atoms with van der Waals surface area (Å²) in [5.74, 6) is 0. The van der Waals surface area contributed by atoms with E-state index in [1.807, 2.05) is 43.3 Å². The summed E-state index contributed by atoms with van der Waals surface area (Å²) < 4.78 is 17.3. The highest BCUT2D eigenvalue weighted by Crippen LogP contribution is 2.33. The lowest BCUT2D eigenvalue weighted by Crippen LogP contribution is -2.47. The van der Waals surface area contributed by atoms with E-state index in [1.165, 1.54) is 0 Å². The molecule has 2 heterocycles. The SMILES string of the molecule is C[C@@H]1C=C(C=O)[C@@H]2OC(c3ccccc3)OC[C@H]2O1. The van der Waals surface area contributed by atoms with Gasteiger partial charge >= 0.3 is 0 Å². The lowest BCUT2D eigenvalue weighted by Gasteiger charge is -2.40. The average molecular weight is 260 g/mol. The normalized spacial score (nSPS) is 34.3. The van der Waals surface area contributed by atoms with Gasteiger partial charge < -0.3 is 14.2 Å². The maximum atomic E-state index is 11.2. The standard InChI is InChI=1S/C15H16O4/c1-10-7-12(8-16)14-13(18-10)9-17-15(19-14)11-5-3-2-4-6-11/h2-8,10,13-15H,9H2,1H3/t10-,13-,14+,15?/m1/s1.